The molecule has 0 radical (unpaired) electrons. The molecule has 2 aromatic heterocycles. The second-order valence-corrected chi connectivity index (χ2v) is 7.92. The molecule has 2 heterocycles. The maximum atomic E-state index is 11.0. The Balaban J connectivity index is 2.12. The number of ether oxygens (including phenoxy) is 1. The van der Waals surface area contributed by atoms with Crippen molar-refractivity contribution < 1.29 is 14.6 Å². The molecule has 0 aliphatic carbocycles. The number of thiazole rings is 1. The van der Waals surface area contributed by atoms with Crippen molar-refractivity contribution in [2.45, 2.75) is 39.3 Å². The van der Waals surface area contributed by atoms with Gasteiger partial charge >= 0.3 is 5.97 Å². The summed E-state index contributed by atoms with van der Waals surface area (Å²) in [6.45, 7) is 5.12. The molecule has 1 unspecified atom stereocenters. The minimum atomic E-state index is -0.797. The molecular weight excluding hydrogens is 380 g/mol. The van der Waals surface area contributed by atoms with Crippen molar-refractivity contribution in [3.8, 4) is 0 Å². The van der Waals surface area contributed by atoms with Crippen molar-refractivity contribution in [2.24, 2.45) is 0 Å². The van der Waals surface area contributed by atoms with Crippen LogP contribution in [0.2, 0.25) is 0 Å². The zero-order valence-corrected chi connectivity index (χ0v) is 17.6. The highest BCUT2D eigenvalue weighted by Gasteiger charge is 2.15. The molecule has 0 spiro atoms. The van der Waals surface area contributed by atoms with Gasteiger partial charge < -0.3 is 14.7 Å². The number of anilines is 1. The van der Waals surface area contributed by atoms with E-state index in [1.807, 2.05) is 41.6 Å². The van der Waals surface area contributed by atoms with Crippen LogP contribution >= 0.6 is 22.7 Å². The number of carboxylic acids is 1. The molecule has 1 N–H and O–H groups in total. The van der Waals surface area contributed by atoms with Crippen molar-refractivity contribution in [1.82, 2.24) is 4.98 Å². The number of aromatic nitrogens is 1. The number of rotatable bonds is 11. The Morgan fingerprint density at radius 3 is 2.89 bits per heavy atom. The minimum Gasteiger partial charge on any atom is -0.481 e. The number of nitrogens with zero attached hydrogens (tertiary/aromatic N) is 2. The summed E-state index contributed by atoms with van der Waals surface area (Å²) in [6.07, 6.45) is 7.17. The van der Waals surface area contributed by atoms with Crippen LogP contribution in [0.4, 0.5) is 5.13 Å². The first-order valence-electron chi connectivity index (χ1n) is 8.83. The normalized spacial score (nSPS) is 13.2. The van der Waals surface area contributed by atoms with Gasteiger partial charge in [0.2, 0.25) is 0 Å². The average Bonchev–Trinajstić information content (AvgIpc) is 3.33. The van der Waals surface area contributed by atoms with Gasteiger partial charge in [-0.15, -0.1) is 22.7 Å². The van der Waals surface area contributed by atoms with Gasteiger partial charge in [-0.05, 0) is 37.3 Å². The average molecular weight is 407 g/mol. The van der Waals surface area contributed by atoms with Gasteiger partial charge in [0.25, 0.3) is 0 Å². The summed E-state index contributed by atoms with van der Waals surface area (Å²) >= 11 is 3.23. The van der Waals surface area contributed by atoms with Crippen molar-refractivity contribution in [2.75, 3.05) is 18.6 Å². The number of thiophene rings is 1. The van der Waals surface area contributed by atoms with Gasteiger partial charge in [0.05, 0.1) is 24.8 Å². The molecule has 146 valence electrons. The SMILES string of the molecule is C/C=C(\C/C=C\C(C)OC)c1csc(N(CCC(=O)O)Cc2cccs2)n1. The summed E-state index contributed by atoms with van der Waals surface area (Å²) in [5.74, 6) is -0.797. The van der Waals surface area contributed by atoms with E-state index >= 15 is 0 Å². The van der Waals surface area contributed by atoms with E-state index in [4.69, 9.17) is 14.8 Å². The Bertz CT molecular complexity index is 766. The largest absolute Gasteiger partial charge is 0.481 e. The van der Waals surface area contributed by atoms with Crippen molar-refractivity contribution in [1.29, 1.82) is 0 Å². The number of carboxylic acid groups (broad SMARTS) is 1. The highest BCUT2D eigenvalue weighted by Crippen LogP contribution is 2.28. The molecule has 0 amide bonds. The van der Waals surface area contributed by atoms with Gasteiger partial charge in [-0.2, -0.15) is 0 Å². The van der Waals surface area contributed by atoms with E-state index in [0.29, 0.717) is 13.1 Å². The van der Waals surface area contributed by atoms with E-state index in [-0.39, 0.29) is 12.5 Å². The Kier molecular flexibility index (Phi) is 8.71. The van der Waals surface area contributed by atoms with Crippen LogP contribution in [0.15, 0.2) is 41.1 Å². The zero-order valence-electron chi connectivity index (χ0n) is 15.9. The van der Waals surface area contributed by atoms with E-state index < -0.39 is 5.97 Å². The Hall–Kier alpha value is -1.96. The summed E-state index contributed by atoms with van der Waals surface area (Å²) < 4.78 is 5.23. The Morgan fingerprint density at radius 2 is 2.26 bits per heavy atom. The lowest BCUT2D eigenvalue weighted by Gasteiger charge is -2.20. The van der Waals surface area contributed by atoms with Crippen LogP contribution < -0.4 is 4.90 Å². The summed E-state index contributed by atoms with van der Waals surface area (Å²) in [4.78, 5) is 19.0. The minimum absolute atomic E-state index is 0.0893. The summed E-state index contributed by atoms with van der Waals surface area (Å²) in [6, 6.07) is 4.07. The molecule has 0 bridgehead atoms. The lowest BCUT2D eigenvalue weighted by molar-refractivity contribution is -0.136. The standard InChI is InChI=1S/C20H26N2O3S2/c1-4-16(8-5-7-15(2)25-3)18-14-27-20(21-18)22(11-10-19(23)24)13-17-9-6-12-26-17/h4-7,9,12,14-15H,8,10-11,13H2,1-3H3,(H,23,24)/b7-5-,16-4+. The first kappa shape index (κ1) is 21.3. The van der Waals surface area contributed by atoms with Gasteiger partial charge in [0.1, 0.15) is 0 Å². The van der Waals surface area contributed by atoms with Crippen LogP contribution in [0, 0.1) is 0 Å². The van der Waals surface area contributed by atoms with Crippen molar-refractivity contribution in [3.05, 3.63) is 51.7 Å². The lowest BCUT2D eigenvalue weighted by Crippen LogP contribution is -2.25. The fraction of sp³-hybridized carbons (Fsp3) is 0.400. The molecule has 0 fully saturated rings. The highest BCUT2D eigenvalue weighted by molar-refractivity contribution is 7.14. The summed E-state index contributed by atoms with van der Waals surface area (Å²) in [5, 5.41) is 14.0. The third-order valence-corrected chi connectivity index (χ3v) is 5.84. The molecule has 2 aromatic rings. The van der Waals surface area contributed by atoms with Gasteiger partial charge in [0.15, 0.2) is 5.13 Å². The maximum absolute atomic E-state index is 11.0. The van der Waals surface area contributed by atoms with E-state index in [1.54, 1.807) is 29.8 Å². The molecule has 27 heavy (non-hydrogen) atoms. The zero-order chi connectivity index (χ0) is 19.6. The molecule has 0 aromatic carbocycles. The van der Waals surface area contributed by atoms with Gasteiger partial charge in [0, 0.05) is 23.9 Å². The second-order valence-electron chi connectivity index (χ2n) is 6.05. The number of methoxy groups -OCH3 is 1. The van der Waals surface area contributed by atoms with E-state index in [1.165, 1.54) is 4.88 Å². The molecule has 0 aliphatic heterocycles. The molecule has 1 atom stereocenters. The molecule has 0 saturated carbocycles. The number of allylic oxidation sites excluding steroid dienone is 3. The smallest absolute Gasteiger partial charge is 0.305 e. The van der Waals surface area contributed by atoms with Crippen molar-refractivity contribution in [3.63, 3.8) is 0 Å². The monoisotopic (exact) mass is 406 g/mol. The quantitative estimate of drug-likeness (QED) is 0.528. The lowest BCUT2D eigenvalue weighted by atomic mass is 10.1. The van der Waals surface area contributed by atoms with Crippen LogP contribution in [0.3, 0.4) is 0 Å². The summed E-state index contributed by atoms with van der Waals surface area (Å²) in [5.41, 5.74) is 2.09. The topological polar surface area (TPSA) is 62.7 Å². The predicted molar refractivity (Wildman–Crippen MR) is 114 cm³/mol. The number of hydrogen-bond acceptors (Lipinski definition) is 6. The highest BCUT2D eigenvalue weighted by atomic mass is 32.1. The molecule has 0 aliphatic rings. The van der Waals surface area contributed by atoms with Crippen LogP contribution in [0.5, 0.6) is 0 Å². The summed E-state index contributed by atoms with van der Waals surface area (Å²) in [7, 11) is 1.69. The van der Waals surface area contributed by atoms with E-state index in [9.17, 15) is 4.79 Å². The van der Waals surface area contributed by atoms with Gasteiger partial charge in [-0.25, -0.2) is 4.98 Å². The Morgan fingerprint density at radius 1 is 1.44 bits per heavy atom. The number of hydrogen-bond donors (Lipinski definition) is 1. The molecule has 5 nitrogen and oxygen atoms in total. The first-order valence-corrected chi connectivity index (χ1v) is 10.6. The molecule has 0 saturated heterocycles. The van der Waals surface area contributed by atoms with Crippen LogP contribution in [0.1, 0.15) is 37.3 Å². The third kappa shape index (κ3) is 6.93. The first-order chi connectivity index (χ1) is 13.0. The third-order valence-electron chi connectivity index (χ3n) is 4.08. The number of aliphatic carboxylic acids is 1. The van der Waals surface area contributed by atoms with Gasteiger partial charge in [-0.3, -0.25) is 4.79 Å². The Labute approximate surface area is 168 Å². The van der Waals surface area contributed by atoms with Gasteiger partial charge in [-0.1, -0.05) is 24.3 Å². The van der Waals surface area contributed by atoms with E-state index in [2.05, 4.69) is 18.2 Å². The number of carbonyl (C=O) groups is 1. The van der Waals surface area contributed by atoms with Crippen molar-refractivity contribution >= 4 is 39.3 Å². The van der Waals surface area contributed by atoms with Crippen LogP contribution in [-0.2, 0) is 16.1 Å². The second kappa shape index (κ2) is 11.0. The van der Waals surface area contributed by atoms with E-state index in [0.717, 1.165) is 22.8 Å². The fourth-order valence-corrected chi connectivity index (χ4v) is 4.05. The maximum Gasteiger partial charge on any atom is 0.305 e. The predicted octanol–water partition coefficient (Wildman–Crippen LogP) is 5.07. The molecular formula is C20H26N2O3S2. The van der Waals surface area contributed by atoms with Crippen LogP contribution in [-0.4, -0.2) is 35.8 Å². The molecule has 7 heteroatoms. The molecule has 2 rings (SSSR count). The fourth-order valence-electron chi connectivity index (χ4n) is 2.46. The van der Waals surface area contributed by atoms with Crippen LogP contribution in [0.25, 0.3) is 5.57 Å².